The van der Waals surface area contributed by atoms with Crippen LogP contribution in [0.3, 0.4) is 0 Å². The van der Waals surface area contributed by atoms with Crippen molar-refractivity contribution in [2.75, 3.05) is 13.2 Å². The molecule has 0 bridgehead atoms. The second kappa shape index (κ2) is 19.7. The summed E-state index contributed by atoms with van der Waals surface area (Å²) in [5.74, 6) is -0.905. The Kier molecular flexibility index (Phi) is 19.1. The molecule has 0 spiro atoms. The highest BCUT2D eigenvalue weighted by Gasteiger charge is 2.22. The largest absolute Gasteiger partial charge is 0.469 e. The van der Waals surface area contributed by atoms with E-state index >= 15 is 0 Å². The van der Waals surface area contributed by atoms with E-state index in [1.165, 1.54) is 25.7 Å². The average molecular weight is 467 g/mol. The van der Waals surface area contributed by atoms with Gasteiger partial charge in [-0.3, -0.25) is 14.1 Å². The van der Waals surface area contributed by atoms with Crippen molar-refractivity contribution in [3.8, 4) is 0 Å². The van der Waals surface area contributed by atoms with Crippen molar-refractivity contribution in [2.24, 2.45) is 0 Å². The van der Waals surface area contributed by atoms with Gasteiger partial charge in [0.25, 0.3) is 0 Å². The fourth-order valence-corrected chi connectivity index (χ4v) is 3.44. The predicted octanol–water partition coefficient (Wildman–Crippen LogP) is 5.44. The molecular formula is C22H43O8P. The van der Waals surface area contributed by atoms with Crippen LogP contribution < -0.4 is 0 Å². The summed E-state index contributed by atoms with van der Waals surface area (Å²) >= 11 is 0. The summed E-state index contributed by atoms with van der Waals surface area (Å²) in [6.07, 6.45) is 13.2. The minimum absolute atomic E-state index is 0.215. The Hall–Kier alpha value is -0.950. The quantitative estimate of drug-likeness (QED) is 0.130. The van der Waals surface area contributed by atoms with Crippen molar-refractivity contribution in [3.05, 3.63) is 0 Å². The number of phosphoric acid groups is 1. The molecule has 9 heteroatoms. The zero-order valence-electron chi connectivity index (χ0n) is 19.4. The van der Waals surface area contributed by atoms with Gasteiger partial charge in [-0.15, -0.1) is 0 Å². The zero-order chi connectivity index (χ0) is 23.4. The maximum Gasteiger partial charge on any atom is 0.469 e. The smallest absolute Gasteiger partial charge is 0.462 e. The lowest BCUT2D eigenvalue weighted by molar-refractivity contribution is -0.161. The first-order valence-electron chi connectivity index (χ1n) is 11.8. The fourth-order valence-electron chi connectivity index (χ4n) is 3.08. The summed E-state index contributed by atoms with van der Waals surface area (Å²) in [5.41, 5.74) is 0. The first-order chi connectivity index (χ1) is 14.8. The monoisotopic (exact) mass is 466 g/mol. The first-order valence-corrected chi connectivity index (χ1v) is 13.4. The van der Waals surface area contributed by atoms with Crippen LogP contribution in [0.5, 0.6) is 0 Å². The highest BCUT2D eigenvalue weighted by Crippen LogP contribution is 2.35. The number of carbonyl (C=O) groups excluding carboxylic acids is 2. The van der Waals surface area contributed by atoms with E-state index in [-0.39, 0.29) is 19.4 Å². The van der Waals surface area contributed by atoms with Gasteiger partial charge >= 0.3 is 19.8 Å². The number of unbranched alkanes of at least 4 members (excludes halogenated alkanes) is 11. The Morgan fingerprint density at radius 2 is 1.16 bits per heavy atom. The lowest BCUT2D eigenvalue weighted by Crippen LogP contribution is -2.29. The van der Waals surface area contributed by atoms with Gasteiger partial charge in [0, 0.05) is 12.8 Å². The molecule has 0 rings (SSSR count). The molecule has 0 fully saturated rings. The average Bonchev–Trinajstić information content (AvgIpc) is 2.71. The van der Waals surface area contributed by atoms with Gasteiger partial charge in [-0.1, -0.05) is 84.5 Å². The normalized spacial score (nSPS) is 12.5. The number of hydrogen-bond acceptors (Lipinski definition) is 6. The summed E-state index contributed by atoms with van der Waals surface area (Å²) < 4.78 is 25.7. The lowest BCUT2D eigenvalue weighted by Gasteiger charge is -2.18. The van der Waals surface area contributed by atoms with E-state index in [1.54, 1.807) is 0 Å². The molecule has 0 aliphatic heterocycles. The second-order valence-electron chi connectivity index (χ2n) is 7.97. The maximum atomic E-state index is 12.1. The van der Waals surface area contributed by atoms with Crippen LogP contribution >= 0.6 is 7.82 Å². The Morgan fingerprint density at radius 1 is 0.710 bits per heavy atom. The van der Waals surface area contributed by atoms with Gasteiger partial charge in [0.05, 0.1) is 6.61 Å². The lowest BCUT2D eigenvalue weighted by atomic mass is 10.1. The van der Waals surface area contributed by atoms with E-state index < -0.39 is 32.5 Å². The molecule has 0 radical (unpaired) electrons. The predicted molar refractivity (Wildman–Crippen MR) is 119 cm³/mol. The van der Waals surface area contributed by atoms with E-state index in [4.69, 9.17) is 19.3 Å². The molecule has 0 saturated carbocycles. The number of phosphoric ester groups is 1. The topological polar surface area (TPSA) is 119 Å². The molecule has 0 aliphatic rings. The van der Waals surface area contributed by atoms with Gasteiger partial charge in [0.15, 0.2) is 6.10 Å². The van der Waals surface area contributed by atoms with Crippen LogP contribution in [0.1, 0.15) is 110 Å². The third kappa shape index (κ3) is 22.0. The first kappa shape index (κ1) is 30.0. The molecule has 0 heterocycles. The van der Waals surface area contributed by atoms with Gasteiger partial charge in [0.2, 0.25) is 0 Å². The molecule has 0 amide bonds. The molecule has 8 nitrogen and oxygen atoms in total. The van der Waals surface area contributed by atoms with Crippen LogP contribution in [0, 0.1) is 0 Å². The van der Waals surface area contributed by atoms with Crippen LogP contribution in [0.25, 0.3) is 0 Å². The molecule has 1 atom stereocenters. The fraction of sp³-hybridized carbons (Fsp3) is 0.909. The minimum atomic E-state index is -4.71. The highest BCUT2D eigenvalue weighted by atomic mass is 31.2. The number of hydrogen-bond donors (Lipinski definition) is 2. The van der Waals surface area contributed by atoms with Crippen LogP contribution in [0.15, 0.2) is 0 Å². The summed E-state index contributed by atoms with van der Waals surface area (Å²) in [4.78, 5) is 41.7. The zero-order valence-corrected chi connectivity index (χ0v) is 20.3. The summed E-state index contributed by atoms with van der Waals surface area (Å²) in [7, 11) is -4.71. The SMILES string of the molecule is CCCCCCCCCCC(=O)OC(COC(=O)CCCCCCC)COP(=O)(O)O. The van der Waals surface area contributed by atoms with Crippen molar-refractivity contribution in [1.29, 1.82) is 0 Å². The van der Waals surface area contributed by atoms with Gasteiger partial charge in [0.1, 0.15) is 6.61 Å². The molecule has 2 N–H and O–H groups in total. The third-order valence-electron chi connectivity index (χ3n) is 4.88. The van der Waals surface area contributed by atoms with E-state index in [1.807, 2.05) is 0 Å². The van der Waals surface area contributed by atoms with E-state index in [0.717, 1.165) is 51.4 Å². The molecule has 0 aromatic rings. The molecule has 0 saturated heterocycles. The Bertz CT molecular complexity index is 506. The Labute approximate surface area is 187 Å². The summed E-state index contributed by atoms with van der Waals surface area (Å²) in [6.45, 7) is 3.48. The van der Waals surface area contributed by atoms with Crippen LogP contribution in [-0.4, -0.2) is 41.0 Å². The van der Waals surface area contributed by atoms with Gasteiger partial charge in [-0.25, -0.2) is 4.57 Å². The van der Waals surface area contributed by atoms with Crippen molar-refractivity contribution >= 4 is 19.8 Å². The second-order valence-corrected chi connectivity index (χ2v) is 9.21. The summed E-state index contributed by atoms with van der Waals surface area (Å²) in [5, 5.41) is 0. The summed E-state index contributed by atoms with van der Waals surface area (Å²) in [6, 6.07) is 0. The van der Waals surface area contributed by atoms with Crippen LogP contribution in [0.2, 0.25) is 0 Å². The van der Waals surface area contributed by atoms with Gasteiger partial charge in [-0.2, -0.15) is 0 Å². The van der Waals surface area contributed by atoms with Crippen molar-refractivity contribution in [2.45, 2.75) is 116 Å². The van der Waals surface area contributed by atoms with Crippen molar-refractivity contribution < 1.29 is 37.9 Å². The molecule has 0 aromatic heterocycles. The van der Waals surface area contributed by atoms with Crippen LogP contribution in [-0.2, 0) is 28.2 Å². The number of ether oxygens (including phenoxy) is 2. The van der Waals surface area contributed by atoms with E-state index in [0.29, 0.717) is 6.42 Å². The van der Waals surface area contributed by atoms with E-state index in [2.05, 4.69) is 18.4 Å². The maximum absolute atomic E-state index is 12.1. The molecule has 31 heavy (non-hydrogen) atoms. The van der Waals surface area contributed by atoms with Crippen molar-refractivity contribution in [3.63, 3.8) is 0 Å². The number of carbonyl (C=O) groups is 2. The third-order valence-corrected chi connectivity index (χ3v) is 5.36. The van der Waals surface area contributed by atoms with Crippen LogP contribution in [0.4, 0.5) is 0 Å². The van der Waals surface area contributed by atoms with E-state index in [9.17, 15) is 14.2 Å². The molecule has 0 aliphatic carbocycles. The van der Waals surface area contributed by atoms with Crippen molar-refractivity contribution in [1.82, 2.24) is 0 Å². The molecular weight excluding hydrogens is 423 g/mol. The van der Waals surface area contributed by atoms with Gasteiger partial charge in [-0.05, 0) is 12.8 Å². The molecule has 0 aromatic carbocycles. The Morgan fingerprint density at radius 3 is 1.65 bits per heavy atom. The van der Waals surface area contributed by atoms with Gasteiger partial charge < -0.3 is 19.3 Å². The standard InChI is InChI=1S/C22H43O8P/c1-3-5-7-9-10-11-13-15-17-22(24)30-20(19-29-31(25,26)27)18-28-21(23)16-14-12-8-6-4-2/h20H,3-19H2,1-2H3,(H2,25,26,27). The highest BCUT2D eigenvalue weighted by molar-refractivity contribution is 7.46. The number of rotatable bonds is 21. The molecule has 184 valence electrons. The minimum Gasteiger partial charge on any atom is -0.462 e. The number of esters is 2. The molecule has 1 unspecified atom stereocenters. The Balaban J connectivity index is 4.18.